The van der Waals surface area contributed by atoms with Crippen LogP contribution in [0.25, 0.3) is 10.9 Å². The highest BCUT2D eigenvalue weighted by Crippen LogP contribution is 2.21. The van der Waals surface area contributed by atoms with Crippen molar-refractivity contribution in [2.24, 2.45) is 0 Å². The second-order valence-electron chi connectivity index (χ2n) is 5.10. The lowest BCUT2D eigenvalue weighted by Gasteiger charge is -2.31. The summed E-state index contributed by atoms with van der Waals surface area (Å²) in [7, 11) is 1.49. The number of para-hydroxylation sites is 1. The molecule has 20 heavy (non-hydrogen) atoms. The number of carboxylic acid groups (broad SMARTS) is 1. The first kappa shape index (κ1) is 14.0. The quantitative estimate of drug-likeness (QED) is 0.929. The predicted molar refractivity (Wildman–Crippen MR) is 75.6 cm³/mol. The summed E-state index contributed by atoms with van der Waals surface area (Å²) in [6.07, 6.45) is 1.55. The maximum absolute atomic E-state index is 12.5. The molecule has 2 rings (SSSR count). The van der Waals surface area contributed by atoms with Crippen LogP contribution in [0.1, 0.15) is 24.2 Å². The number of nitrogens with zero attached hydrogens (tertiary/aromatic N) is 2. The van der Waals surface area contributed by atoms with Crippen LogP contribution in [-0.2, 0) is 4.79 Å². The molecular formula is C15H16N2O3. The zero-order chi connectivity index (χ0) is 14.9. The third-order valence-corrected chi connectivity index (χ3v) is 3.55. The molecule has 1 heterocycles. The Labute approximate surface area is 116 Å². The molecule has 0 bridgehead atoms. The lowest BCUT2D eigenvalue weighted by Crippen LogP contribution is -2.50. The summed E-state index contributed by atoms with van der Waals surface area (Å²) in [6.45, 7) is 2.99. The second kappa shape index (κ2) is 4.92. The molecular weight excluding hydrogens is 256 g/mol. The van der Waals surface area contributed by atoms with Gasteiger partial charge in [0.25, 0.3) is 5.91 Å². The van der Waals surface area contributed by atoms with E-state index in [1.54, 1.807) is 18.3 Å². The largest absolute Gasteiger partial charge is 0.480 e. The molecule has 5 nitrogen and oxygen atoms in total. The van der Waals surface area contributed by atoms with E-state index in [0.29, 0.717) is 16.5 Å². The van der Waals surface area contributed by atoms with Gasteiger partial charge in [0.1, 0.15) is 5.54 Å². The van der Waals surface area contributed by atoms with E-state index < -0.39 is 11.5 Å². The number of pyridine rings is 1. The van der Waals surface area contributed by atoms with Crippen molar-refractivity contribution in [3.63, 3.8) is 0 Å². The van der Waals surface area contributed by atoms with E-state index in [1.807, 2.05) is 18.2 Å². The van der Waals surface area contributed by atoms with Crippen molar-refractivity contribution in [2.45, 2.75) is 19.4 Å². The molecule has 104 valence electrons. The van der Waals surface area contributed by atoms with Crippen molar-refractivity contribution in [1.82, 2.24) is 9.88 Å². The first-order valence-electron chi connectivity index (χ1n) is 6.21. The van der Waals surface area contributed by atoms with Gasteiger partial charge in [0.2, 0.25) is 0 Å². The molecule has 0 aliphatic carbocycles. The summed E-state index contributed by atoms with van der Waals surface area (Å²) < 4.78 is 0. The van der Waals surface area contributed by atoms with Gasteiger partial charge in [-0.1, -0.05) is 18.2 Å². The maximum atomic E-state index is 12.5. The van der Waals surface area contributed by atoms with Gasteiger partial charge >= 0.3 is 5.97 Å². The molecule has 0 saturated carbocycles. The van der Waals surface area contributed by atoms with Crippen LogP contribution < -0.4 is 0 Å². The SMILES string of the molecule is CN(C(=O)c1ccnc2ccccc12)C(C)(C)C(=O)O. The van der Waals surface area contributed by atoms with Crippen LogP contribution in [0, 0.1) is 0 Å². The van der Waals surface area contributed by atoms with Gasteiger partial charge in [-0.2, -0.15) is 0 Å². The number of hydrogen-bond acceptors (Lipinski definition) is 3. The van der Waals surface area contributed by atoms with Crippen molar-refractivity contribution >= 4 is 22.8 Å². The Kier molecular flexibility index (Phi) is 3.44. The van der Waals surface area contributed by atoms with Crippen LogP contribution in [0.4, 0.5) is 0 Å². The van der Waals surface area contributed by atoms with Gasteiger partial charge in [-0.15, -0.1) is 0 Å². The first-order valence-corrected chi connectivity index (χ1v) is 6.21. The number of rotatable bonds is 3. The summed E-state index contributed by atoms with van der Waals surface area (Å²) in [6, 6.07) is 8.89. The van der Waals surface area contributed by atoms with Crippen LogP contribution in [0.3, 0.4) is 0 Å². The standard InChI is InChI=1S/C15H16N2O3/c1-15(2,14(19)20)17(3)13(18)11-8-9-16-12-7-5-4-6-10(11)12/h4-9H,1-3H3,(H,19,20). The summed E-state index contributed by atoms with van der Waals surface area (Å²) in [5.41, 5.74) is -0.117. The Hall–Kier alpha value is -2.43. The Morgan fingerprint density at radius 2 is 1.85 bits per heavy atom. The van der Waals surface area contributed by atoms with Crippen LogP contribution in [-0.4, -0.2) is 39.5 Å². The number of carbonyl (C=O) groups excluding carboxylic acids is 1. The van der Waals surface area contributed by atoms with E-state index >= 15 is 0 Å². The van der Waals surface area contributed by atoms with Gasteiger partial charge < -0.3 is 10.0 Å². The number of likely N-dealkylation sites (N-methyl/N-ethyl adjacent to an activating group) is 1. The number of carboxylic acids is 1. The van der Waals surface area contributed by atoms with Crippen molar-refractivity contribution in [1.29, 1.82) is 0 Å². The summed E-state index contributed by atoms with van der Waals surface area (Å²) >= 11 is 0. The molecule has 2 aromatic rings. The molecule has 0 spiro atoms. The Balaban J connectivity index is 2.49. The van der Waals surface area contributed by atoms with E-state index in [1.165, 1.54) is 25.8 Å². The van der Waals surface area contributed by atoms with Gasteiger partial charge in [0.15, 0.2) is 0 Å². The maximum Gasteiger partial charge on any atom is 0.329 e. The van der Waals surface area contributed by atoms with Gasteiger partial charge in [-0.25, -0.2) is 4.79 Å². The number of aromatic nitrogens is 1. The molecule has 0 radical (unpaired) electrons. The highest BCUT2D eigenvalue weighted by molar-refractivity contribution is 6.07. The van der Waals surface area contributed by atoms with E-state index in [0.717, 1.165) is 0 Å². The molecule has 0 saturated heterocycles. The summed E-state index contributed by atoms with van der Waals surface area (Å²) in [5.74, 6) is -1.39. The highest BCUT2D eigenvalue weighted by Gasteiger charge is 2.35. The van der Waals surface area contributed by atoms with E-state index in [4.69, 9.17) is 0 Å². The predicted octanol–water partition coefficient (Wildman–Crippen LogP) is 2.17. The second-order valence-corrected chi connectivity index (χ2v) is 5.10. The van der Waals surface area contributed by atoms with Crippen molar-refractivity contribution < 1.29 is 14.7 Å². The molecule has 1 N–H and O–H groups in total. The number of fused-ring (bicyclic) bond motifs is 1. The average Bonchev–Trinajstić information content (AvgIpc) is 2.44. The molecule has 1 aromatic heterocycles. The molecule has 0 atom stereocenters. The molecule has 5 heteroatoms. The lowest BCUT2D eigenvalue weighted by atomic mass is 10.0. The Bertz CT molecular complexity index is 674. The number of benzene rings is 1. The Morgan fingerprint density at radius 3 is 2.50 bits per heavy atom. The minimum Gasteiger partial charge on any atom is -0.480 e. The molecule has 0 fully saturated rings. The van der Waals surface area contributed by atoms with E-state index in [2.05, 4.69) is 4.98 Å². The molecule has 0 aliphatic rings. The smallest absolute Gasteiger partial charge is 0.329 e. The van der Waals surface area contributed by atoms with E-state index in [9.17, 15) is 14.7 Å². The third-order valence-electron chi connectivity index (χ3n) is 3.55. The molecule has 1 aromatic carbocycles. The van der Waals surface area contributed by atoms with Crippen LogP contribution in [0.2, 0.25) is 0 Å². The normalized spacial score (nSPS) is 11.3. The number of aliphatic carboxylic acids is 1. The van der Waals surface area contributed by atoms with Crippen molar-refractivity contribution in [2.75, 3.05) is 7.05 Å². The zero-order valence-electron chi connectivity index (χ0n) is 11.6. The fourth-order valence-corrected chi connectivity index (χ4v) is 1.86. The monoisotopic (exact) mass is 272 g/mol. The zero-order valence-corrected chi connectivity index (χ0v) is 11.6. The highest BCUT2D eigenvalue weighted by atomic mass is 16.4. The summed E-state index contributed by atoms with van der Waals surface area (Å²) in [5, 5.41) is 9.93. The van der Waals surface area contributed by atoms with Gasteiger partial charge in [-0.05, 0) is 26.0 Å². The number of hydrogen-bond donors (Lipinski definition) is 1. The summed E-state index contributed by atoms with van der Waals surface area (Å²) in [4.78, 5) is 29.2. The fraction of sp³-hybridized carbons (Fsp3) is 0.267. The topological polar surface area (TPSA) is 70.5 Å². The van der Waals surface area contributed by atoms with Gasteiger partial charge in [0, 0.05) is 18.6 Å². The number of amides is 1. The molecule has 1 amide bonds. The Morgan fingerprint density at radius 1 is 1.20 bits per heavy atom. The minimum absolute atomic E-state index is 0.337. The van der Waals surface area contributed by atoms with E-state index in [-0.39, 0.29) is 5.91 Å². The first-order chi connectivity index (χ1) is 9.35. The third kappa shape index (κ3) is 2.22. The van der Waals surface area contributed by atoms with Crippen LogP contribution >= 0.6 is 0 Å². The van der Waals surface area contributed by atoms with Crippen LogP contribution in [0.15, 0.2) is 36.5 Å². The minimum atomic E-state index is -1.28. The molecule has 0 unspecified atom stereocenters. The average molecular weight is 272 g/mol. The van der Waals surface area contributed by atoms with Gasteiger partial charge in [-0.3, -0.25) is 9.78 Å². The number of carbonyl (C=O) groups is 2. The van der Waals surface area contributed by atoms with Gasteiger partial charge in [0.05, 0.1) is 11.1 Å². The van der Waals surface area contributed by atoms with Crippen molar-refractivity contribution in [3.05, 3.63) is 42.1 Å². The fourth-order valence-electron chi connectivity index (χ4n) is 1.86. The van der Waals surface area contributed by atoms with Crippen molar-refractivity contribution in [3.8, 4) is 0 Å². The molecule has 0 aliphatic heterocycles. The lowest BCUT2D eigenvalue weighted by molar-refractivity contribution is -0.147. The van der Waals surface area contributed by atoms with Crippen LogP contribution in [0.5, 0.6) is 0 Å².